The first kappa shape index (κ1) is 15.9. The molecule has 1 amide bonds. The summed E-state index contributed by atoms with van der Waals surface area (Å²) in [5.74, 6) is 2.17. The summed E-state index contributed by atoms with van der Waals surface area (Å²) < 4.78 is 0. The van der Waals surface area contributed by atoms with Gasteiger partial charge in [-0.2, -0.15) is 0 Å². The molecular formula is C17H27N3OS. The van der Waals surface area contributed by atoms with Gasteiger partial charge in [0.1, 0.15) is 0 Å². The van der Waals surface area contributed by atoms with Gasteiger partial charge in [0.15, 0.2) is 5.13 Å². The summed E-state index contributed by atoms with van der Waals surface area (Å²) >= 11 is 1.66. The summed E-state index contributed by atoms with van der Waals surface area (Å²) in [7, 11) is 0. The molecule has 1 aliphatic carbocycles. The quantitative estimate of drug-likeness (QED) is 0.887. The second-order valence-electron chi connectivity index (χ2n) is 6.97. The van der Waals surface area contributed by atoms with Crippen molar-refractivity contribution in [3.63, 3.8) is 0 Å². The standard InChI is InChI=1S/C17H27N3OS/c1-12-2-4-13(5-3-12)10-16(21)20-17-19-11-15(22-17)14-6-8-18-9-7-14/h11-14,18H,2-10H2,1H3,(H,19,20,21). The highest BCUT2D eigenvalue weighted by Crippen LogP contribution is 2.33. The van der Waals surface area contributed by atoms with E-state index in [0.29, 0.717) is 18.3 Å². The van der Waals surface area contributed by atoms with Crippen LogP contribution in [-0.4, -0.2) is 24.0 Å². The van der Waals surface area contributed by atoms with Crippen molar-refractivity contribution >= 4 is 22.4 Å². The lowest BCUT2D eigenvalue weighted by molar-refractivity contribution is -0.117. The molecule has 1 aliphatic heterocycles. The zero-order chi connectivity index (χ0) is 15.4. The normalized spacial score (nSPS) is 26.8. The summed E-state index contributed by atoms with van der Waals surface area (Å²) in [6.45, 7) is 4.49. The summed E-state index contributed by atoms with van der Waals surface area (Å²) in [6.07, 6.45) is 9.92. The monoisotopic (exact) mass is 321 g/mol. The van der Waals surface area contributed by atoms with Crippen LogP contribution in [-0.2, 0) is 4.79 Å². The highest BCUT2D eigenvalue weighted by atomic mass is 32.1. The smallest absolute Gasteiger partial charge is 0.226 e. The minimum Gasteiger partial charge on any atom is -0.317 e. The number of hydrogen-bond donors (Lipinski definition) is 2. The summed E-state index contributed by atoms with van der Waals surface area (Å²) in [5, 5.41) is 7.18. The van der Waals surface area contributed by atoms with Gasteiger partial charge in [-0.15, -0.1) is 11.3 Å². The van der Waals surface area contributed by atoms with Crippen molar-refractivity contribution < 1.29 is 4.79 Å². The number of rotatable bonds is 4. The number of amides is 1. The molecule has 0 radical (unpaired) electrons. The molecule has 4 nitrogen and oxygen atoms in total. The second-order valence-corrected chi connectivity index (χ2v) is 8.03. The number of anilines is 1. The molecule has 2 N–H and O–H groups in total. The van der Waals surface area contributed by atoms with Gasteiger partial charge in [-0.1, -0.05) is 19.8 Å². The number of thiazole rings is 1. The number of nitrogens with one attached hydrogen (secondary N) is 2. The van der Waals surface area contributed by atoms with Crippen LogP contribution >= 0.6 is 11.3 Å². The lowest BCUT2D eigenvalue weighted by Crippen LogP contribution is -2.26. The van der Waals surface area contributed by atoms with Crippen molar-refractivity contribution in [2.24, 2.45) is 11.8 Å². The SMILES string of the molecule is CC1CCC(CC(=O)Nc2ncc(C3CCNCC3)s2)CC1. The Morgan fingerprint density at radius 2 is 2.00 bits per heavy atom. The van der Waals surface area contributed by atoms with Gasteiger partial charge in [0, 0.05) is 17.5 Å². The Hall–Kier alpha value is -0.940. The van der Waals surface area contributed by atoms with Crippen LogP contribution in [0.1, 0.15) is 62.7 Å². The fraction of sp³-hybridized carbons (Fsp3) is 0.765. The van der Waals surface area contributed by atoms with E-state index < -0.39 is 0 Å². The van der Waals surface area contributed by atoms with Crippen LogP contribution in [0.4, 0.5) is 5.13 Å². The van der Waals surface area contributed by atoms with Crippen LogP contribution in [0.2, 0.25) is 0 Å². The van der Waals surface area contributed by atoms with E-state index in [1.165, 1.54) is 43.4 Å². The maximum Gasteiger partial charge on any atom is 0.226 e. The zero-order valence-electron chi connectivity index (χ0n) is 13.4. The summed E-state index contributed by atoms with van der Waals surface area (Å²) in [6, 6.07) is 0. The Labute approximate surface area is 137 Å². The molecule has 122 valence electrons. The van der Waals surface area contributed by atoms with Gasteiger partial charge in [-0.3, -0.25) is 4.79 Å². The molecule has 0 aromatic carbocycles. The van der Waals surface area contributed by atoms with Crippen molar-refractivity contribution in [3.05, 3.63) is 11.1 Å². The average molecular weight is 321 g/mol. The van der Waals surface area contributed by atoms with Crippen LogP contribution in [0.25, 0.3) is 0 Å². The number of piperidine rings is 1. The van der Waals surface area contributed by atoms with E-state index in [0.717, 1.165) is 24.1 Å². The van der Waals surface area contributed by atoms with Gasteiger partial charge < -0.3 is 10.6 Å². The first-order valence-corrected chi connectivity index (χ1v) is 9.48. The number of hydrogen-bond acceptors (Lipinski definition) is 4. The second kappa shape index (κ2) is 7.55. The Bertz CT molecular complexity index is 488. The molecule has 2 heterocycles. The first-order chi connectivity index (χ1) is 10.7. The first-order valence-electron chi connectivity index (χ1n) is 8.67. The van der Waals surface area contributed by atoms with Crippen LogP contribution in [0.5, 0.6) is 0 Å². The maximum absolute atomic E-state index is 12.2. The molecule has 5 heteroatoms. The Morgan fingerprint density at radius 1 is 1.27 bits per heavy atom. The molecule has 0 atom stereocenters. The van der Waals surface area contributed by atoms with E-state index >= 15 is 0 Å². The molecule has 1 aromatic rings. The molecule has 2 aliphatic rings. The molecule has 1 aromatic heterocycles. The molecule has 0 unspecified atom stereocenters. The van der Waals surface area contributed by atoms with Gasteiger partial charge in [0.05, 0.1) is 0 Å². The predicted molar refractivity (Wildman–Crippen MR) is 91.3 cm³/mol. The number of carbonyl (C=O) groups excluding carboxylic acids is 1. The molecule has 0 bridgehead atoms. The van der Waals surface area contributed by atoms with Crippen molar-refractivity contribution in [1.82, 2.24) is 10.3 Å². The fourth-order valence-corrected chi connectivity index (χ4v) is 4.61. The highest BCUT2D eigenvalue weighted by molar-refractivity contribution is 7.15. The number of carbonyl (C=O) groups is 1. The average Bonchev–Trinajstić information content (AvgIpc) is 2.99. The van der Waals surface area contributed by atoms with E-state index in [2.05, 4.69) is 22.5 Å². The van der Waals surface area contributed by atoms with Crippen molar-refractivity contribution in [3.8, 4) is 0 Å². The number of aromatic nitrogens is 1. The van der Waals surface area contributed by atoms with E-state index in [-0.39, 0.29) is 5.91 Å². The van der Waals surface area contributed by atoms with E-state index in [1.807, 2.05) is 6.20 Å². The lowest BCUT2D eigenvalue weighted by Gasteiger charge is -2.25. The summed E-state index contributed by atoms with van der Waals surface area (Å²) in [4.78, 5) is 17.9. The minimum atomic E-state index is 0.144. The van der Waals surface area contributed by atoms with Crippen LogP contribution in [0.3, 0.4) is 0 Å². The van der Waals surface area contributed by atoms with Gasteiger partial charge in [0.2, 0.25) is 5.91 Å². The number of nitrogens with zero attached hydrogens (tertiary/aromatic N) is 1. The lowest BCUT2D eigenvalue weighted by atomic mass is 9.81. The predicted octanol–water partition coefficient (Wildman–Crippen LogP) is 3.77. The van der Waals surface area contributed by atoms with Crippen molar-refractivity contribution in [2.45, 2.75) is 57.8 Å². The van der Waals surface area contributed by atoms with Gasteiger partial charge >= 0.3 is 0 Å². The van der Waals surface area contributed by atoms with Crippen LogP contribution < -0.4 is 10.6 Å². The molecule has 1 saturated heterocycles. The molecule has 3 rings (SSSR count). The largest absolute Gasteiger partial charge is 0.317 e. The minimum absolute atomic E-state index is 0.144. The summed E-state index contributed by atoms with van der Waals surface area (Å²) in [5.41, 5.74) is 0. The molecule has 0 spiro atoms. The topological polar surface area (TPSA) is 54.0 Å². The van der Waals surface area contributed by atoms with E-state index in [1.54, 1.807) is 11.3 Å². The van der Waals surface area contributed by atoms with Crippen molar-refractivity contribution in [1.29, 1.82) is 0 Å². The Morgan fingerprint density at radius 3 is 2.73 bits per heavy atom. The van der Waals surface area contributed by atoms with Crippen LogP contribution in [0, 0.1) is 11.8 Å². The Balaban J connectivity index is 1.48. The van der Waals surface area contributed by atoms with Gasteiger partial charge in [-0.25, -0.2) is 4.98 Å². The van der Waals surface area contributed by atoms with Gasteiger partial charge in [0.25, 0.3) is 0 Å². The van der Waals surface area contributed by atoms with E-state index in [9.17, 15) is 4.79 Å². The molecular weight excluding hydrogens is 294 g/mol. The van der Waals surface area contributed by atoms with Gasteiger partial charge in [-0.05, 0) is 56.5 Å². The third kappa shape index (κ3) is 4.29. The zero-order valence-corrected chi connectivity index (χ0v) is 14.3. The maximum atomic E-state index is 12.2. The van der Waals surface area contributed by atoms with E-state index in [4.69, 9.17) is 0 Å². The molecule has 22 heavy (non-hydrogen) atoms. The highest BCUT2D eigenvalue weighted by Gasteiger charge is 2.22. The molecule has 2 fully saturated rings. The molecule has 1 saturated carbocycles. The van der Waals surface area contributed by atoms with Crippen molar-refractivity contribution in [2.75, 3.05) is 18.4 Å². The Kier molecular flexibility index (Phi) is 5.47. The fourth-order valence-electron chi connectivity index (χ4n) is 3.61. The third-order valence-electron chi connectivity index (χ3n) is 5.12. The third-order valence-corrected chi connectivity index (χ3v) is 6.20. The van der Waals surface area contributed by atoms with Crippen LogP contribution in [0.15, 0.2) is 6.20 Å².